The maximum Gasteiger partial charge on any atom is 0.416 e. The first-order valence-electron chi connectivity index (χ1n) is 11.3. The van der Waals surface area contributed by atoms with Crippen LogP contribution in [-0.4, -0.2) is 65.8 Å². The Bertz CT molecular complexity index is 1040. The number of rotatable bonds is 5. The predicted molar refractivity (Wildman–Crippen MR) is 118 cm³/mol. The van der Waals surface area contributed by atoms with Gasteiger partial charge in [0.2, 0.25) is 11.7 Å². The number of nitrogens with one attached hydrogen (secondary N) is 1. The van der Waals surface area contributed by atoms with E-state index in [0.29, 0.717) is 5.56 Å². The molecule has 2 saturated heterocycles. The summed E-state index contributed by atoms with van der Waals surface area (Å²) in [6.45, 7) is 2.50. The fourth-order valence-electron chi connectivity index (χ4n) is 4.35. The first-order chi connectivity index (χ1) is 16.6. The van der Waals surface area contributed by atoms with Gasteiger partial charge in [-0.05, 0) is 17.7 Å². The van der Waals surface area contributed by atoms with Gasteiger partial charge in [0.25, 0.3) is 0 Å². The molecule has 1 amide bonds. The van der Waals surface area contributed by atoms with Crippen LogP contribution in [0.1, 0.15) is 36.9 Å². The van der Waals surface area contributed by atoms with Crippen LogP contribution in [0.25, 0.3) is 0 Å². The fraction of sp³-hybridized carbons (Fsp3) is 0.522. The van der Waals surface area contributed by atoms with Crippen molar-refractivity contribution < 1.29 is 31.5 Å². The molecular formula is C23H26F5N5O2. The second kappa shape index (κ2) is 9.92. The van der Waals surface area contributed by atoms with Crippen molar-refractivity contribution in [2.45, 2.75) is 37.7 Å². The number of carbonyl (C=O) groups excluding carboxylic acids is 1. The first kappa shape index (κ1) is 25.1. The zero-order valence-electron chi connectivity index (χ0n) is 19.1. The van der Waals surface area contributed by atoms with Crippen molar-refractivity contribution in [3.63, 3.8) is 0 Å². The number of nitrogens with zero attached hydrogens (tertiary/aromatic N) is 4. The molecule has 1 aromatic carbocycles. The number of aromatic nitrogens is 2. The van der Waals surface area contributed by atoms with Gasteiger partial charge in [0, 0.05) is 39.4 Å². The highest BCUT2D eigenvalue weighted by molar-refractivity contribution is 5.73. The third kappa shape index (κ3) is 5.63. The average Bonchev–Trinajstić information content (AvgIpc) is 2.83. The molecule has 0 radical (unpaired) electrons. The second-order valence-corrected chi connectivity index (χ2v) is 8.77. The van der Waals surface area contributed by atoms with Crippen molar-refractivity contribution in [2.24, 2.45) is 0 Å². The quantitative estimate of drug-likeness (QED) is 0.628. The maximum atomic E-state index is 15.4. The van der Waals surface area contributed by atoms with Gasteiger partial charge in [0.05, 0.1) is 31.4 Å². The number of morpholine rings is 1. The summed E-state index contributed by atoms with van der Waals surface area (Å²) >= 11 is 0. The highest BCUT2D eigenvalue weighted by Gasteiger charge is 2.36. The van der Waals surface area contributed by atoms with Crippen LogP contribution in [0.5, 0.6) is 0 Å². The second-order valence-electron chi connectivity index (χ2n) is 8.77. The molecule has 3 heterocycles. The maximum absolute atomic E-state index is 15.4. The van der Waals surface area contributed by atoms with Gasteiger partial charge in [-0.3, -0.25) is 4.79 Å². The third-order valence-corrected chi connectivity index (χ3v) is 6.47. The normalized spacial score (nSPS) is 20.6. The van der Waals surface area contributed by atoms with Crippen LogP contribution in [0.3, 0.4) is 0 Å². The Kier molecular flexibility index (Phi) is 7.11. The van der Waals surface area contributed by atoms with Crippen LogP contribution >= 0.6 is 0 Å². The van der Waals surface area contributed by atoms with Gasteiger partial charge in [-0.2, -0.15) is 17.6 Å². The lowest BCUT2D eigenvalue weighted by atomic mass is 9.93. The van der Waals surface area contributed by atoms with E-state index in [0.717, 1.165) is 18.5 Å². The number of likely N-dealkylation sites (tertiary alicyclic amines) is 1. The number of anilines is 2. The largest absolute Gasteiger partial charge is 0.416 e. The van der Waals surface area contributed by atoms with Gasteiger partial charge >= 0.3 is 6.18 Å². The molecule has 0 spiro atoms. The smallest absolute Gasteiger partial charge is 0.377 e. The Morgan fingerprint density at radius 1 is 1.17 bits per heavy atom. The molecule has 0 bridgehead atoms. The van der Waals surface area contributed by atoms with Crippen molar-refractivity contribution in [3.05, 3.63) is 47.5 Å². The van der Waals surface area contributed by atoms with Crippen LogP contribution in [0, 0.1) is 5.82 Å². The minimum atomic E-state index is -4.46. The molecule has 1 N–H and O–H groups in total. The van der Waals surface area contributed by atoms with E-state index in [9.17, 15) is 18.0 Å². The Labute approximate surface area is 199 Å². The van der Waals surface area contributed by atoms with Crippen LogP contribution < -0.4 is 10.2 Å². The topological polar surface area (TPSA) is 70.6 Å². The van der Waals surface area contributed by atoms with Crippen LogP contribution in [-0.2, 0) is 15.7 Å². The number of hydrogen-bond donors (Lipinski definition) is 1. The van der Waals surface area contributed by atoms with Crippen molar-refractivity contribution in [3.8, 4) is 0 Å². The van der Waals surface area contributed by atoms with Crippen molar-refractivity contribution >= 4 is 17.5 Å². The molecule has 12 heteroatoms. The van der Waals surface area contributed by atoms with E-state index < -0.39 is 29.3 Å². The number of alkyl halides is 4. The number of halogens is 5. The molecule has 1 aromatic heterocycles. The summed E-state index contributed by atoms with van der Waals surface area (Å²) in [5.74, 6) is -1.11. The number of carbonyl (C=O) groups is 1. The zero-order chi connectivity index (χ0) is 25.2. The predicted octanol–water partition coefficient (Wildman–Crippen LogP) is 3.97. The number of benzene rings is 1. The molecule has 2 fully saturated rings. The highest BCUT2D eigenvalue weighted by atomic mass is 19.4. The summed E-state index contributed by atoms with van der Waals surface area (Å²) in [6.07, 6.45) is -3.06. The standard InChI is InChI=1S/C23H26F5N5O2/c1-15(34)32-8-6-22(25,7-9-32)13-29-20-19(24)21(31-14-30-20)33-10-11-35-12-18(33)16-2-4-17(5-3-16)23(26,27)28/h2-5,14,18H,6-13H2,1H3,(H,29,30,31). The number of amides is 1. The molecule has 1 unspecified atom stereocenters. The van der Waals surface area contributed by atoms with Gasteiger partial charge in [-0.1, -0.05) is 12.1 Å². The summed E-state index contributed by atoms with van der Waals surface area (Å²) in [6, 6.07) is 4.07. The monoisotopic (exact) mass is 499 g/mol. The molecule has 35 heavy (non-hydrogen) atoms. The lowest BCUT2D eigenvalue weighted by Crippen LogP contribution is -2.47. The van der Waals surface area contributed by atoms with E-state index in [1.54, 1.807) is 9.80 Å². The van der Waals surface area contributed by atoms with Gasteiger partial charge in [-0.25, -0.2) is 14.4 Å². The summed E-state index contributed by atoms with van der Waals surface area (Å²) in [5.41, 5.74) is -1.88. The van der Waals surface area contributed by atoms with Crippen LogP contribution in [0.2, 0.25) is 0 Å². The summed E-state index contributed by atoms with van der Waals surface area (Å²) in [4.78, 5) is 22.6. The molecular weight excluding hydrogens is 473 g/mol. The lowest BCUT2D eigenvalue weighted by molar-refractivity contribution is -0.137. The molecule has 4 rings (SSSR count). The highest BCUT2D eigenvalue weighted by Crippen LogP contribution is 2.35. The number of ether oxygens (including phenoxy) is 1. The summed E-state index contributed by atoms with van der Waals surface area (Å²) in [7, 11) is 0. The average molecular weight is 499 g/mol. The van der Waals surface area contributed by atoms with E-state index in [-0.39, 0.29) is 69.8 Å². The van der Waals surface area contributed by atoms with Gasteiger partial charge in [-0.15, -0.1) is 0 Å². The minimum absolute atomic E-state index is 0.0463. The zero-order valence-corrected chi connectivity index (χ0v) is 19.1. The molecule has 1 atom stereocenters. The molecule has 2 aromatic rings. The van der Waals surface area contributed by atoms with Gasteiger partial charge < -0.3 is 19.9 Å². The third-order valence-electron chi connectivity index (χ3n) is 6.47. The molecule has 2 aliphatic heterocycles. The van der Waals surface area contributed by atoms with Gasteiger partial charge in [0.15, 0.2) is 11.6 Å². The Morgan fingerprint density at radius 3 is 2.49 bits per heavy atom. The van der Waals surface area contributed by atoms with E-state index in [2.05, 4.69) is 15.3 Å². The molecule has 7 nitrogen and oxygen atoms in total. The van der Waals surface area contributed by atoms with Crippen LogP contribution in [0.15, 0.2) is 30.6 Å². The number of piperidine rings is 1. The molecule has 2 aliphatic rings. The molecule has 0 aliphatic carbocycles. The van der Waals surface area contributed by atoms with E-state index in [4.69, 9.17) is 4.74 Å². The Hall–Kier alpha value is -3.02. The van der Waals surface area contributed by atoms with Crippen molar-refractivity contribution in [2.75, 3.05) is 49.6 Å². The summed E-state index contributed by atoms with van der Waals surface area (Å²) in [5, 5.41) is 2.74. The van der Waals surface area contributed by atoms with Crippen LogP contribution in [0.4, 0.5) is 33.6 Å². The van der Waals surface area contributed by atoms with Crippen molar-refractivity contribution in [1.82, 2.24) is 14.9 Å². The Balaban J connectivity index is 1.50. The van der Waals surface area contributed by atoms with Crippen molar-refractivity contribution in [1.29, 1.82) is 0 Å². The van der Waals surface area contributed by atoms with Gasteiger partial charge in [0.1, 0.15) is 12.0 Å². The van der Waals surface area contributed by atoms with E-state index in [1.165, 1.54) is 19.1 Å². The van der Waals surface area contributed by atoms with E-state index in [1.807, 2.05) is 0 Å². The lowest BCUT2D eigenvalue weighted by Gasteiger charge is -2.37. The first-order valence-corrected chi connectivity index (χ1v) is 11.3. The Morgan fingerprint density at radius 2 is 1.86 bits per heavy atom. The molecule has 0 saturated carbocycles. The van der Waals surface area contributed by atoms with E-state index >= 15 is 8.78 Å². The fourth-order valence-corrected chi connectivity index (χ4v) is 4.35. The number of hydrogen-bond acceptors (Lipinski definition) is 6. The SMILES string of the molecule is CC(=O)N1CCC(F)(CNc2ncnc(N3CCOCC3c3ccc(C(F)(F)F)cc3)c2F)CC1. The summed E-state index contributed by atoms with van der Waals surface area (Å²) < 4.78 is 74.9. The minimum Gasteiger partial charge on any atom is -0.377 e. The molecule has 190 valence electrons.